The van der Waals surface area contributed by atoms with Crippen molar-refractivity contribution >= 4 is 5.84 Å². The molecule has 6 heteroatoms. The predicted molar refractivity (Wildman–Crippen MR) is 75.5 cm³/mol. The van der Waals surface area contributed by atoms with Gasteiger partial charge >= 0.3 is 0 Å². The van der Waals surface area contributed by atoms with Gasteiger partial charge in [0.25, 0.3) is 0 Å². The van der Waals surface area contributed by atoms with Crippen molar-refractivity contribution in [3.05, 3.63) is 52.7 Å². The summed E-state index contributed by atoms with van der Waals surface area (Å²) in [7, 11) is 0. The van der Waals surface area contributed by atoms with Crippen LogP contribution >= 0.6 is 0 Å². The zero-order valence-corrected chi connectivity index (χ0v) is 11.6. The highest BCUT2D eigenvalue weighted by Crippen LogP contribution is 2.10. The summed E-state index contributed by atoms with van der Waals surface area (Å²) in [6.07, 6.45) is 0. The van der Waals surface area contributed by atoms with E-state index < -0.39 is 0 Å². The summed E-state index contributed by atoms with van der Waals surface area (Å²) in [4.78, 5) is 4.30. The Bertz CT molecular complexity index is 600. The van der Waals surface area contributed by atoms with Crippen LogP contribution in [-0.2, 0) is 13.1 Å². The van der Waals surface area contributed by atoms with Gasteiger partial charge in [0.1, 0.15) is 5.76 Å². The number of nitrogens with zero attached hydrogens (tertiary/aromatic N) is 2. The van der Waals surface area contributed by atoms with Gasteiger partial charge in [0.15, 0.2) is 5.84 Å². The number of nitrogens with one attached hydrogen (secondary N) is 1. The quantitative estimate of drug-likeness (QED) is 0.333. The molecule has 4 N–H and O–H groups in total. The molecule has 0 saturated heterocycles. The van der Waals surface area contributed by atoms with Crippen molar-refractivity contribution in [1.82, 2.24) is 10.3 Å². The van der Waals surface area contributed by atoms with Crippen molar-refractivity contribution in [1.29, 1.82) is 0 Å². The Labute approximate surface area is 117 Å². The van der Waals surface area contributed by atoms with E-state index in [-0.39, 0.29) is 5.84 Å². The molecule has 0 saturated carbocycles. The maximum atomic E-state index is 8.77. The van der Waals surface area contributed by atoms with Crippen molar-refractivity contribution in [3.8, 4) is 0 Å². The Morgan fingerprint density at radius 1 is 1.35 bits per heavy atom. The molecular weight excluding hydrogens is 256 g/mol. The van der Waals surface area contributed by atoms with Gasteiger partial charge in [0, 0.05) is 12.1 Å². The van der Waals surface area contributed by atoms with Crippen LogP contribution in [-0.4, -0.2) is 16.0 Å². The number of benzene rings is 1. The van der Waals surface area contributed by atoms with E-state index in [2.05, 4.69) is 15.5 Å². The molecule has 6 nitrogen and oxygen atoms in total. The number of oxime groups is 1. The van der Waals surface area contributed by atoms with Gasteiger partial charge in [0.2, 0.25) is 5.89 Å². The van der Waals surface area contributed by atoms with Crippen LogP contribution in [0.2, 0.25) is 0 Å². The molecule has 0 unspecified atom stereocenters. The Hall–Kier alpha value is -2.34. The minimum absolute atomic E-state index is 0.102. The fraction of sp³-hybridized carbons (Fsp3) is 0.286. The second-order valence-corrected chi connectivity index (χ2v) is 4.50. The second-order valence-electron chi connectivity index (χ2n) is 4.50. The number of aryl methyl sites for hydroxylation is 2. The normalized spacial score (nSPS) is 11.8. The lowest BCUT2D eigenvalue weighted by atomic mass is 10.1. The van der Waals surface area contributed by atoms with Crippen LogP contribution in [0, 0.1) is 13.8 Å². The molecular formula is C14H18N4O2. The summed E-state index contributed by atoms with van der Waals surface area (Å²) < 4.78 is 5.49. The first kappa shape index (κ1) is 14.1. The van der Waals surface area contributed by atoms with Gasteiger partial charge in [-0.3, -0.25) is 0 Å². The van der Waals surface area contributed by atoms with E-state index >= 15 is 0 Å². The van der Waals surface area contributed by atoms with Gasteiger partial charge in [-0.25, -0.2) is 4.98 Å². The minimum Gasteiger partial charge on any atom is -0.444 e. The summed E-state index contributed by atoms with van der Waals surface area (Å²) >= 11 is 0. The second kappa shape index (κ2) is 6.21. The van der Waals surface area contributed by atoms with E-state index in [1.54, 1.807) is 0 Å². The van der Waals surface area contributed by atoms with Crippen molar-refractivity contribution in [2.45, 2.75) is 26.9 Å². The van der Waals surface area contributed by atoms with E-state index in [9.17, 15) is 0 Å². The van der Waals surface area contributed by atoms with E-state index in [4.69, 9.17) is 15.4 Å². The molecule has 1 aromatic heterocycles. The topological polar surface area (TPSA) is 96.7 Å². The third-order valence-corrected chi connectivity index (χ3v) is 3.07. The van der Waals surface area contributed by atoms with Crippen LogP contribution in [0.3, 0.4) is 0 Å². The van der Waals surface area contributed by atoms with Crippen molar-refractivity contribution in [2.24, 2.45) is 10.9 Å². The lowest BCUT2D eigenvalue weighted by Crippen LogP contribution is -2.19. The number of nitrogens with two attached hydrogens (primary N) is 1. The van der Waals surface area contributed by atoms with Crippen LogP contribution in [0.4, 0.5) is 0 Å². The molecule has 106 valence electrons. The minimum atomic E-state index is 0.102. The summed E-state index contributed by atoms with van der Waals surface area (Å²) in [5.41, 5.74) is 8.20. The molecule has 2 rings (SSSR count). The lowest BCUT2D eigenvalue weighted by molar-refractivity contribution is 0.318. The third-order valence-electron chi connectivity index (χ3n) is 3.07. The molecule has 20 heavy (non-hydrogen) atoms. The zero-order chi connectivity index (χ0) is 14.5. The Morgan fingerprint density at radius 2 is 2.10 bits per heavy atom. The summed E-state index contributed by atoms with van der Waals surface area (Å²) in [5, 5.41) is 15.0. The van der Waals surface area contributed by atoms with Gasteiger partial charge in [-0.05, 0) is 19.4 Å². The first-order valence-corrected chi connectivity index (χ1v) is 6.31. The fourth-order valence-electron chi connectivity index (χ4n) is 1.90. The van der Waals surface area contributed by atoms with Crippen molar-refractivity contribution in [3.63, 3.8) is 0 Å². The monoisotopic (exact) mass is 274 g/mol. The van der Waals surface area contributed by atoms with E-state index in [0.717, 1.165) is 17.0 Å². The Balaban J connectivity index is 2.01. The van der Waals surface area contributed by atoms with Crippen LogP contribution in [0.1, 0.15) is 28.5 Å². The van der Waals surface area contributed by atoms with E-state index in [1.807, 2.05) is 38.1 Å². The average molecular weight is 274 g/mol. The van der Waals surface area contributed by atoms with Gasteiger partial charge in [-0.2, -0.15) is 0 Å². The van der Waals surface area contributed by atoms with Gasteiger partial charge in [0.05, 0.1) is 12.2 Å². The maximum absolute atomic E-state index is 8.77. The van der Waals surface area contributed by atoms with Gasteiger partial charge in [-0.15, -0.1) is 0 Å². The average Bonchev–Trinajstić information content (AvgIpc) is 2.77. The molecule has 0 fully saturated rings. The number of oxazole rings is 1. The fourth-order valence-corrected chi connectivity index (χ4v) is 1.90. The largest absolute Gasteiger partial charge is 0.444 e. The first-order chi connectivity index (χ1) is 9.61. The number of hydrogen-bond donors (Lipinski definition) is 3. The van der Waals surface area contributed by atoms with Gasteiger partial charge < -0.3 is 20.7 Å². The van der Waals surface area contributed by atoms with Crippen LogP contribution in [0.15, 0.2) is 33.8 Å². The highest BCUT2D eigenvalue weighted by molar-refractivity contribution is 5.98. The Kier molecular flexibility index (Phi) is 4.37. The van der Waals surface area contributed by atoms with Crippen LogP contribution in [0.25, 0.3) is 0 Å². The highest BCUT2D eigenvalue weighted by atomic mass is 16.4. The molecule has 1 heterocycles. The molecule has 0 spiro atoms. The summed E-state index contributed by atoms with van der Waals surface area (Å²) in [6.45, 7) is 4.90. The molecule has 1 aromatic carbocycles. The van der Waals surface area contributed by atoms with E-state index in [0.29, 0.717) is 24.5 Å². The van der Waals surface area contributed by atoms with Crippen molar-refractivity contribution in [2.75, 3.05) is 0 Å². The summed E-state index contributed by atoms with van der Waals surface area (Å²) in [5.74, 6) is 1.59. The number of hydrogen-bond acceptors (Lipinski definition) is 5. The summed E-state index contributed by atoms with van der Waals surface area (Å²) in [6, 6.07) is 7.49. The van der Waals surface area contributed by atoms with Crippen LogP contribution in [0.5, 0.6) is 0 Å². The molecule has 0 bridgehead atoms. The first-order valence-electron chi connectivity index (χ1n) is 6.31. The molecule has 2 aromatic rings. The zero-order valence-electron chi connectivity index (χ0n) is 11.6. The van der Waals surface area contributed by atoms with E-state index in [1.165, 1.54) is 0 Å². The molecule has 0 aliphatic carbocycles. The number of rotatable bonds is 5. The molecule has 0 amide bonds. The third kappa shape index (κ3) is 3.16. The number of aromatic nitrogens is 1. The lowest BCUT2D eigenvalue weighted by Gasteiger charge is -2.08. The molecule has 0 aliphatic heterocycles. The Morgan fingerprint density at radius 3 is 2.75 bits per heavy atom. The molecule has 0 radical (unpaired) electrons. The number of amidine groups is 1. The van der Waals surface area contributed by atoms with Crippen molar-refractivity contribution < 1.29 is 9.62 Å². The standard InChI is InChI=1S/C14H18N4O2/c1-9-10(2)20-13(17-9)8-16-7-11-5-3-4-6-12(11)14(15)18-19/h3-6,16,19H,7-8H2,1-2H3,(H2,15,18). The van der Waals surface area contributed by atoms with Gasteiger partial charge in [-0.1, -0.05) is 29.4 Å². The smallest absolute Gasteiger partial charge is 0.208 e. The molecule has 0 atom stereocenters. The SMILES string of the molecule is Cc1nc(CNCc2ccccc2/C(N)=N/O)oc1C. The predicted octanol–water partition coefficient (Wildman–Crippen LogP) is 1.68. The maximum Gasteiger partial charge on any atom is 0.208 e. The highest BCUT2D eigenvalue weighted by Gasteiger charge is 2.08. The van der Waals surface area contributed by atoms with Crippen LogP contribution < -0.4 is 11.1 Å². The molecule has 0 aliphatic rings.